The minimum Gasteiger partial charge on any atom is -0.337 e. The van der Waals surface area contributed by atoms with Crippen LogP contribution >= 0.6 is 8.38 Å². The van der Waals surface area contributed by atoms with Gasteiger partial charge in [-0.1, -0.05) is 0 Å². The monoisotopic (exact) mass is 254 g/mol. The lowest BCUT2D eigenvalue weighted by molar-refractivity contribution is -0.124. The van der Waals surface area contributed by atoms with E-state index in [1.807, 2.05) is 0 Å². The molecule has 1 rings (SSSR count). The number of ketones is 1. The molecule has 0 aromatic rings. The van der Waals surface area contributed by atoms with E-state index in [1.165, 1.54) is 14.2 Å². The van der Waals surface area contributed by atoms with E-state index in [4.69, 9.17) is 9.05 Å². The third kappa shape index (κ3) is 4.04. The van der Waals surface area contributed by atoms with Crippen LogP contribution in [0.1, 0.15) is 25.7 Å². The fraction of sp³-hybridized carbons (Fsp3) is 0.900. The molecule has 0 aromatic heterocycles. The molecule has 1 aliphatic rings. The van der Waals surface area contributed by atoms with Crippen LogP contribution in [0, 0.1) is 5.92 Å². The van der Waals surface area contributed by atoms with E-state index in [-0.39, 0.29) is 43.5 Å². The maximum atomic E-state index is 12.9. The van der Waals surface area contributed by atoms with Gasteiger partial charge in [-0.3, -0.25) is 4.79 Å². The Kier molecular flexibility index (Phi) is 5.22. The van der Waals surface area contributed by atoms with Crippen molar-refractivity contribution in [3.8, 4) is 0 Å². The molecule has 94 valence electrons. The lowest BCUT2D eigenvalue weighted by Crippen LogP contribution is -2.29. The quantitative estimate of drug-likeness (QED) is 0.707. The molecular weight excluding hydrogens is 237 g/mol. The summed E-state index contributed by atoms with van der Waals surface area (Å²) in [6, 6.07) is 0. The summed E-state index contributed by atoms with van der Waals surface area (Å²) in [5.41, 5.74) is 0. The Bertz CT molecular complexity index is 234. The van der Waals surface area contributed by atoms with Crippen LogP contribution in [0.2, 0.25) is 0 Å². The van der Waals surface area contributed by atoms with Crippen molar-refractivity contribution in [2.45, 2.75) is 31.6 Å². The first-order valence-corrected chi connectivity index (χ1v) is 6.61. The fourth-order valence-electron chi connectivity index (χ4n) is 1.82. The molecule has 0 saturated heterocycles. The van der Waals surface area contributed by atoms with E-state index < -0.39 is 14.3 Å². The average Bonchev–Trinajstić information content (AvgIpc) is 2.25. The van der Waals surface area contributed by atoms with E-state index in [0.717, 1.165) is 0 Å². The number of Topliss-reactive ketones (excluding diaryl/α,β-unsaturated/α-hetero) is 1. The predicted octanol–water partition coefficient (Wildman–Crippen LogP) is 2.99. The Hall–Kier alpha value is -0.120. The highest BCUT2D eigenvalue weighted by Crippen LogP contribution is 2.40. The van der Waals surface area contributed by atoms with E-state index in [2.05, 4.69) is 0 Å². The second-order valence-corrected chi connectivity index (χ2v) is 5.66. The molecule has 0 aromatic carbocycles. The second kappa shape index (κ2) is 5.99. The Morgan fingerprint density at radius 3 is 2.25 bits per heavy atom. The lowest BCUT2D eigenvalue weighted by atomic mass is 9.84. The van der Waals surface area contributed by atoms with Crippen molar-refractivity contribution in [3.05, 3.63) is 0 Å². The zero-order valence-corrected chi connectivity index (χ0v) is 10.4. The van der Waals surface area contributed by atoms with Crippen molar-refractivity contribution < 1.29 is 22.6 Å². The minimum absolute atomic E-state index is 0.00897. The van der Waals surface area contributed by atoms with Crippen molar-refractivity contribution in [2.75, 3.05) is 20.4 Å². The molecule has 1 saturated carbocycles. The first kappa shape index (κ1) is 13.9. The molecule has 0 spiro atoms. The van der Waals surface area contributed by atoms with E-state index in [0.29, 0.717) is 0 Å². The van der Waals surface area contributed by atoms with Crippen molar-refractivity contribution in [1.82, 2.24) is 0 Å². The van der Waals surface area contributed by atoms with Crippen molar-refractivity contribution in [1.29, 1.82) is 0 Å². The van der Waals surface area contributed by atoms with Gasteiger partial charge >= 0.3 is 0 Å². The highest BCUT2D eigenvalue weighted by atomic mass is 31.2. The van der Waals surface area contributed by atoms with Crippen molar-refractivity contribution >= 4 is 14.2 Å². The first-order valence-electron chi connectivity index (χ1n) is 5.25. The van der Waals surface area contributed by atoms with Gasteiger partial charge < -0.3 is 9.05 Å². The minimum atomic E-state index is -2.58. The molecule has 1 aliphatic carbocycles. The van der Waals surface area contributed by atoms with E-state index >= 15 is 0 Å². The molecule has 16 heavy (non-hydrogen) atoms. The van der Waals surface area contributed by atoms with Crippen LogP contribution < -0.4 is 0 Å². The Morgan fingerprint density at radius 1 is 1.31 bits per heavy atom. The first-order chi connectivity index (χ1) is 7.48. The maximum absolute atomic E-state index is 12.9. The van der Waals surface area contributed by atoms with Gasteiger partial charge in [0.2, 0.25) is 5.92 Å². The largest absolute Gasteiger partial charge is 0.337 e. The number of halogens is 2. The van der Waals surface area contributed by atoms with Crippen molar-refractivity contribution in [2.24, 2.45) is 5.92 Å². The molecule has 0 heterocycles. The molecule has 0 aliphatic heterocycles. The number of rotatable bonds is 5. The third-order valence-corrected chi connectivity index (χ3v) is 4.25. The van der Waals surface area contributed by atoms with Gasteiger partial charge in [-0.15, -0.1) is 0 Å². The van der Waals surface area contributed by atoms with Crippen LogP contribution in [0.5, 0.6) is 0 Å². The third-order valence-electron chi connectivity index (χ3n) is 2.86. The van der Waals surface area contributed by atoms with Gasteiger partial charge in [-0.2, -0.15) is 0 Å². The van der Waals surface area contributed by atoms with Crippen molar-refractivity contribution in [3.63, 3.8) is 0 Å². The molecule has 0 bridgehead atoms. The number of carbonyl (C=O) groups is 1. The van der Waals surface area contributed by atoms with Gasteiger partial charge in [0.05, 0.1) is 6.16 Å². The second-order valence-electron chi connectivity index (χ2n) is 3.95. The highest BCUT2D eigenvalue weighted by molar-refractivity contribution is 7.48. The number of hydrogen-bond donors (Lipinski definition) is 0. The zero-order valence-electron chi connectivity index (χ0n) is 9.54. The summed E-state index contributed by atoms with van der Waals surface area (Å²) in [6.07, 6.45) is 0.409. The molecule has 6 heteroatoms. The molecule has 1 fully saturated rings. The summed E-state index contributed by atoms with van der Waals surface area (Å²) in [5, 5.41) is 0. The van der Waals surface area contributed by atoms with Gasteiger partial charge in [0, 0.05) is 33.0 Å². The summed E-state index contributed by atoms with van der Waals surface area (Å²) >= 11 is 0. The molecule has 0 atom stereocenters. The topological polar surface area (TPSA) is 35.5 Å². The maximum Gasteiger partial charge on any atom is 0.248 e. The summed E-state index contributed by atoms with van der Waals surface area (Å²) in [6.45, 7) is 0. The normalized spacial score (nSPS) is 21.3. The predicted molar refractivity (Wildman–Crippen MR) is 57.7 cm³/mol. The molecule has 3 nitrogen and oxygen atoms in total. The fourth-order valence-corrected chi connectivity index (χ4v) is 2.74. The van der Waals surface area contributed by atoms with E-state index in [9.17, 15) is 13.6 Å². The van der Waals surface area contributed by atoms with Gasteiger partial charge in [-0.05, 0) is 12.8 Å². The van der Waals surface area contributed by atoms with Crippen LogP contribution in [0.4, 0.5) is 8.78 Å². The molecule has 0 unspecified atom stereocenters. The number of hydrogen-bond acceptors (Lipinski definition) is 3. The number of alkyl halides is 2. The van der Waals surface area contributed by atoms with Gasteiger partial charge in [0.15, 0.2) is 8.38 Å². The van der Waals surface area contributed by atoms with Gasteiger partial charge in [0.1, 0.15) is 5.78 Å². The Morgan fingerprint density at radius 2 is 1.81 bits per heavy atom. The SMILES string of the molecule is COP(CC(=O)C1CCC(F)(F)CC1)OC. The number of carbonyl (C=O) groups excluding carboxylic acids is 1. The van der Waals surface area contributed by atoms with Crippen LogP contribution in [-0.4, -0.2) is 32.1 Å². The summed E-state index contributed by atoms with van der Waals surface area (Å²) in [7, 11) is 1.79. The summed E-state index contributed by atoms with van der Waals surface area (Å²) < 4.78 is 35.7. The highest BCUT2D eigenvalue weighted by Gasteiger charge is 2.37. The molecule has 0 radical (unpaired) electrons. The zero-order chi connectivity index (χ0) is 12.2. The van der Waals surface area contributed by atoms with Crippen LogP contribution in [0.25, 0.3) is 0 Å². The molecule has 0 amide bonds. The Labute approximate surface area is 95.4 Å². The Balaban J connectivity index is 2.38. The van der Waals surface area contributed by atoms with Gasteiger partial charge in [-0.25, -0.2) is 8.78 Å². The lowest BCUT2D eigenvalue weighted by Gasteiger charge is -2.27. The smallest absolute Gasteiger partial charge is 0.248 e. The summed E-state index contributed by atoms with van der Waals surface area (Å²) in [5.74, 6) is -2.83. The van der Waals surface area contributed by atoms with E-state index in [1.54, 1.807) is 0 Å². The summed E-state index contributed by atoms with van der Waals surface area (Å²) in [4.78, 5) is 11.7. The van der Waals surface area contributed by atoms with Crippen LogP contribution in [0.3, 0.4) is 0 Å². The van der Waals surface area contributed by atoms with Crippen LogP contribution in [0.15, 0.2) is 0 Å². The standard InChI is InChI=1S/C10H17F2O3P/c1-14-16(15-2)7-9(13)8-3-5-10(11,12)6-4-8/h8H,3-7H2,1-2H3. The van der Waals surface area contributed by atoms with Gasteiger partial charge in [0.25, 0.3) is 0 Å². The average molecular weight is 254 g/mol. The van der Waals surface area contributed by atoms with Crippen LogP contribution in [-0.2, 0) is 13.8 Å². The molecule has 0 N–H and O–H groups in total. The molecular formula is C10H17F2O3P.